The Morgan fingerprint density at radius 2 is 1.60 bits per heavy atom. The van der Waals surface area contributed by atoms with Gasteiger partial charge in [0.25, 0.3) is 0 Å². The van der Waals surface area contributed by atoms with Crippen LogP contribution in [-0.4, -0.2) is 11.2 Å². The van der Waals surface area contributed by atoms with Crippen molar-refractivity contribution < 1.29 is 4.79 Å². The van der Waals surface area contributed by atoms with Gasteiger partial charge in [0.15, 0.2) is 0 Å². The first-order valence-corrected chi connectivity index (χ1v) is 11.1. The normalized spacial score (nSPS) is 11.7. The van der Waals surface area contributed by atoms with Gasteiger partial charge >= 0.3 is 0 Å². The second kappa shape index (κ2) is 15.7. The number of rotatable bonds is 6. The Bertz CT molecular complexity index is 790. The van der Waals surface area contributed by atoms with Crippen LogP contribution in [0.5, 0.6) is 0 Å². The molecule has 0 amide bonds. The molecule has 0 aromatic heterocycles. The van der Waals surface area contributed by atoms with Crippen LogP contribution in [0.2, 0.25) is 0 Å². The minimum absolute atomic E-state index is 0.250. The second-order valence-electron chi connectivity index (χ2n) is 7.67. The minimum Gasteiger partial charge on any atom is -0.319 e. The number of aryl methyl sites for hydroxylation is 2. The Balaban J connectivity index is 0.000000703. The summed E-state index contributed by atoms with van der Waals surface area (Å²) in [6.45, 7) is 12.4. The molecule has 0 aliphatic rings. The molecule has 0 spiro atoms. The molecule has 0 heterocycles. The van der Waals surface area contributed by atoms with E-state index < -0.39 is 0 Å². The highest BCUT2D eigenvalue weighted by molar-refractivity contribution is 7.80. The van der Waals surface area contributed by atoms with E-state index in [2.05, 4.69) is 89.7 Å². The number of carbonyl (C=O) groups is 1. The highest BCUT2D eigenvalue weighted by atomic mass is 32.1. The van der Waals surface area contributed by atoms with Gasteiger partial charge in [-0.1, -0.05) is 81.6 Å². The summed E-state index contributed by atoms with van der Waals surface area (Å²) in [5.74, 6) is 0.541. The van der Waals surface area contributed by atoms with Gasteiger partial charge in [0.05, 0.1) is 17.9 Å². The number of thiol groups is 1. The maximum Gasteiger partial charge on any atom is 0.130 e. The highest BCUT2D eigenvalue weighted by Crippen LogP contribution is 2.28. The van der Waals surface area contributed by atoms with Crippen molar-refractivity contribution >= 4 is 18.4 Å². The van der Waals surface area contributed by atoms with Crippen molar-refractivity contribution in [2.24, 2.45) is 5.73 Å². The second-order valence-corrected chi connectivity index (χ2v) is 8.34. The summed E-state index contributed by atoms with van der Waals surface area (Å²) < 4.78 is 0. The number of nitrogens with two attached hydrogens (primary N) is 1. The number of carbonyl (C=O) groups excluding carboxylic acids is 1. The first-order valence-electron chi connectivity index (χ1n) is 10.6. The molecule has 4 heteroatoms. The summed E-state index contributed by atoms with van der Waals surface area (Å²) in [6, 6.07) is 17.0. The molecule has 0 saturated heterocycles. The van der Waals surface area contributed by atoms with E-state index in [1.807, 2.05) is 6.07 Å². The largest absolute Gasteiger partial charge is 0.319 e. The Labute approximate surface area is 189 Å². The Kier molecular flexibility index (Phi) is 14.6. The molecular formula is C26H38N2OS. The van der Waals surface area contributed by atoms with Crippen molar-refractivity contribution in [3.63, 3.8) is 0 Å². The maximum atomic E-state index is 11.3. The first-order chi connectivity index (χ1) is 14.2. The van der Waals surface area contributed by atoms with Crippen LogP contribution in [0.25, 0.3) is 11.1 Å². The highest BCUT2D eigenvalue weighted by Gasteiger charge is 2.11. The zero-order chi connectivity index (χ0) is 23.1. The van der Waals surface area contributed by atoms with Crippen molar-refractivity contribution in [3.8, 4) is 17.2 Å². The number of ketones is 1. The first kappa shape index (κ1) is 27.9. The van der Waals surface area contributed by atoms with Crippen molar-refractivity contribution in [1.29, 1.82) is 5.26 Å². The van der Waals surface area contributed by atoms with Crippen LogP contribution < -0.4 is 5.73 Å². The summed E-state index contributed by atoms with van der Waals surface area (Å²) in [5, 5.41) is 7.59. The van der Waals surface area contributed by atoms with E-state index in [-0.39, 0.29) is 11.2 Å². The molecule has 3 nitrogen and oxygen atoms in total. The number of unbranched alkanes of at least 4 members (excludes halogenated alkanes) is 1. The smallest absolute Gasteiger partial charge is 0.130 e. The van der Waals surface area contributed by atoms with Gasteiger partial charge in [0, 0.05) is 6.42 Å². The third-order valence-corrected chi connectivity index (χ3v) is 4.76. The van der Waals surface area contributed by atoms with Crippen LogP contribution >= 0.6 is 12.6 Å². The number of nitrogens with zero attached hydrogens (tertiary/aromatic N) is 1. The van der Waals surface area contributed by atoms with Gasteiger partial charge in [-0.05, 0) is 48.9 Å². The summed E-state index contributed by atoms with van der Waals surface area (Å²) >= 11 is 3.73. The van der Waals surface area contributed by atoms with Gasteiger partial charge in [-0.15, -0.1) is 0 Å². The molecule has 164 valence electrons. The molecule has 2 N–H and O–H groups in total. The van der Waals surface area contributed by atoms with E-state index >= 15 is 0 Å². The summed E-state index contributed by atoms with van der Waals surface area (Å²) in [4.78, 5) is 11.3. The third kappa shape index (κ3) is 11.8. The molecular weight excluding hydrogens is 388 g/mol. The van der Waals surface area contributed by atoms with E-state index in [0.29, 0.717) is 18.8 Å². The molecule has 2 rings (SSSR count). The molecule has 0 radical (unpaired) electrons. The number of nitriles is 1. The summed E-state index contributed by atoms with van der Waals surface area (Å²) in [7, 11) is 0. The van der Waals surface area contributed by atoms with Crippen LogP contribution in [0, 0.1) is 25.2 Å². The summed E-state index contributed by atoms with van der Waals surface area (Å²) in [5.41, 5.74) is 11.3. The van der Waals surface area contributed by atoms with E-state index in [1.165, 1.54) is 40.7 Å². The SMILES string of the molecule is CC(=O)CC(C)c1ccc(-c2ccc(C)cc2)cc1C.CCCC.N#CCC(N)S. The quantitative estimate of drug-likeness (QED) is 0.387. The lowest BCUT2D eigenvalue weighted by Gasteiger charge is -2.14. The Morgan fingerprint density at radius 3 is 1.97 bits per heavy atom. The van der Waals surface area contributed by atoms with Crippen LogP contribution in [0.1, 0.15) is 76.0 Å². The average Bonchev–Trinajstić information content (AvgIpc) is 2.68. The molecule has 2 aromatic rings. The molecule has 0 aliphatic heterocycles. The van der Waals surface area contributed by atoms with E-state index in [0.717, 1.165) is 0 Å². The predicted molar refractivity (Wildman–Crippen MR) is 133 cm³/mol. The zero-order valence-electron chi connectivity index (χ0n) is 19.4. The monoisotopic (exact) mass is 426 g/mol. The third-order valence-electron chi connectivity index (χ3n) is 4.58. The Hall–Kier alpha value is -2.09. The lowest BCUT2D eigenvalue weighted by Crippen LogP contribution is -2.09. The fraction of sp³-hybridized carbons (Fsp3) is 0.462. The standard InChI is InChI=1S/C19H22O.C4H10.C3H6N2S/c1-13-5-7-17(8-6-13)18-9-10-19(15(3)12-18)14(2)11-16(4)20;1-3-4-2;4-2-1-3(5)6/h5-10,12,14H,11H2,1-4H3;3-4H2,1-2H3;3,6H,1,5H2. The number of Topliss-reactive ketones (excluding diaryl/α,β-unsaturated/α-hetero) is 1. The predicted octanol–water partition coefficient (Wildman–Crippen LogP) is 6.97. The van der Waals surface area contributed by atoms with Gasteiger partial charge in [0.1, 0.15) is 5.78 Å². The van der Waals surface area contributed by atoms with Crippen molar-refractivity contribution in [2.75, 3.05) is 0 Å². The van der Waals surface area contributed by atoms with E-state index in [9.17, 15) is 4.79 Å². The van der Waals surface area contributed by atoms with Gasteiger partial charge in [-0.2, -0.15) is 17.9 Å². The van der Waals surface area contributed by atoms with Gasteiger partial charge in [-0.25, -0.2) is 0 Å². The maximum absolute atomic E-state index is 11.3. The average molecular weight is 427 g/mol. The molecule has 2 aromatic carbocycles. The van der Waals surface area contributed by atoms with Crippen LogP contribution in [-0.2, 0) is 4.79 Å². The summed E-state index contributed by atoms with van der Waals surface area (Å²) in [6.07, 6.45) is 3.58. The molecule has 0 bridgehead atoms. The van der Waals surface area contributed by atoms with Gasteiger partial charge < -0.3 is 10.5 Å². The number of benzene rings is 2. The van der Waals surface area contributed by atoms with Gasteiger partial charge in [-0.3, -0.25) is 0 Å². The van der Waals surface area contributed by atoms with Crippen LogP contribution in [0.4, 0.5) is 0 Å². The lowest BCUT2D eigenvalue weighted by molar-refractivity contribution is -0.117. The van der Waals surface area contributed by atoms with Crippen molar-refractivity contribution in [3.05, 3.63) is 59.2 Å². The number of hydrogen-bond donors (Lipinski definition) is 2. The fourth-order valence-electron chi connectivity index (χ4n) is 2.79. The molecule has 2 unspecified atom stereocenters. The molecule has 30 heavy (non-hydrogen) atoms. The van der Waals surface area contributed by atoms with Crippen LogP contribution in [0.15, 0.2) is 42.5 Å². The fourth-order valence-corrected chi connectivity index (χ4v) is 2.87. The van der Waals surface area contributed by atoms with E-state index in [1.54, 1.807) is 6.92 Å². The molecule has 0 fully saturated rings. The van der Waals surface area contributed by atoms with E-state index in [4.69, 9.17) is 11.0 Å². The molecule has 2 atom stereocenters. The lowest BCUT2D eigenvalue weighted by atomic mass is 9.90. The van der Waals surface area contributed by atoms with Crippen LogP contribution in [0.3, 0.4) is 0 Å². The number of hydrogen-bond acceptors (Lipinski definition) is 4. The van der Waals surface area contributed by atoms with Gasteiger partial charge in [0.2, 0.25) is 0 Å². The Morgan fingerprint density at radius 1 is 1.07 bits per heavy atom. The van der Waals surface area contributed by atoms with Crippen molar-refractivity contribution in [1.82, 2.24) is 0 Å². The minimum atomic E-state index is -0.269. The topological polar surface area (TPSA) is 66.9 Å². The van der Waals surface area contributed by atoms with Crippen molar-refractivity contribution in [2.45, 2.75) is 78.5 Å². The molecule has 0 aliphatic carbocycles. The molecule has 0 saturated carbocycles. The zero-order valence-corrected chi connectivity index (χ0v) is 20.3.